The smallest absolute Gasteiger partial charge is 0.341 e. The van der Waals surface area contributed by atoms with Crippen LogP contribution in [0.3, 0.4) is 0 Å². The predicted octanol–water partition coefficient (Wildman–Crippen LogP) is 1.52. The molecule has 0 aromatic heterocycles. The number of aliphatic carboxylic acids is 1. The van der Waals surface area contributed by atoms with Crippen molar-refractivity contribution in [3.8, 4) is 5.75 Å². The number of carboxylic acid groups (broad SMARTS) is 1. The summed E-state index contributed by atoms with van der Waals surface area (Å²) in [5.74, 6) is -0.551. The third-order valence-electron chi connectivity index (χ3n) is 1.67. The van der Waals surface area contributed by atoms with Gasteiger partial charge in [-0.3, -0.25) is 0 Å². The first-order valence-electron chi connectivity index (χ1n) is 4.83. The molecule has 0 fully saturated rings. The third-order valence-corrected chi connectivity index (χ3v) is 1.67. The molecule has 0 saturated heterocycles. The van der Waals surface area contributed by atoms with Crippen molar-refractivity contribution in [1.29, 1.82) is 0 Å². The van der Waals surface area contributed by atoms with Crippen molar-refractivity contribution < 1.29 is 19.5 Å². The highest BCUT2D eigenvalue weighted by atomic mass is 16.6. The first-order chi connectivity index (χ1) is 7.74. The van der Waals surface area contributed by atoms with Crippen LogP contribution in [0.4, 0.5) is 0 Å². The average molecular weight is 223 g/mol. The van der Waals surface area contributed by atoms with E-state index in [2.05, 4.69) is 5.16 Å². The van der Waals surface area contributed by atoms with Gasteiger partial charge in [0.1, 0.15) is 12.4 Å². The van der Waals surface area contributed by atoms with E-state index in [1.165, 1.54) is 6.21 Å². The fourth-order valence-electron chi connectivity index (χ4n) is 1.03. The fraction of sp³-hybridized carbons (Fsp3) is 0.273. The van der Waals surface area contributed by atoms with Crippen molar-refractivity contribution in [2.24, 2.45) is 5.16 Å². The highest BCUT2D eigenvalue weighted by Gasteiger charge is 2.03. The van der Waals surface area contributed by atoms with Gasteiger partial charge in [-0.2, -0.15) is 0 Å². The Bertz CT molecular complexity index is 376. The molecule has 1 rings (SSSR count). The Morgan fingerprint density at radius 2 is 2.25 bits per heavy atom. The third kappa shape index (κ3) is 4.00. The molecule has 1 N–H and O–H groups in total. The molecule has 0 aliphatic heterocycles. The molecule has 5 nitrogen and oxygen atoms in total. The van der Waals surface area contributed by atoms with E-state index in [1.807, 2.05) is 6.92 Å². The lowest BCUT2D eigenvalue weighted by atomic mass is 10.2. The standard InChI is InChI=1S/C11H13NO4/c1-2-16-12-7-9-5-3-4-6-10(9)15-8-11(13)14/h3-7H,2,8H2,1H3,(H,13,14)/b12-7+. The van der Waals surface area contributed by atoms with E-state index in [0.717, 1.165) is 0 Å². The quantitative estimate of drug-likeness (QED) is 0.586. The highest BCUT2D eigenvalue weighted by Crippen LogP contribution is 2.15. The summed E-state index contributed by atoms with van der Waals surface area (Å²) >= 11 is 0. The van der Waals surface area contributed by atoms with Crippen molar-refractivity contribution in [2.45, 2.75) is 6.92 Å². The Morgan fingerprint density at radius 3 is 2.94 bits per heavy atom. The number of carboxylic acids is 1. The lowest BCUT2D eigenvalue weighted by Gasteiger charge is -2.05. The molecule has 0 unspecified atom stereocenters. The number of hydrogen-bond donors (Lipinski definition) is 1. The zero-order chi connectivity index (χ0) is 11.8. The molecule has 0 amide bonds. The van der Waals surface area contributed by atoms with Gasteiger partial charge in [0.2, 0.25) is 0 Å². The second-order valence-electron chi connectivity index (χ2n) is 2.87. The Morgan fingerprint density at radius 1 is 1.50 bits per heavy atom. The van der Waals surface area contributed by atoms with Crippen molar-refractivity contribution in [1.82, 2.24) is 0 Å². The normalized spacial score (nSPS) is 10.3. The van der Waals surface area contributed by atoms with Crippen molar-refractivity contribution in [2.75, 3.05) is 13.2 Å². The minimum absolute atomic E-state index is 0.376. The molecule has 0 atom stereocenters. The van der Waals surface area contributed by atoms with E-state index in [-0.39, 0.29) is 6.61 Å². The Balaban J connectivity index is 2.71. The van der Waals surface area contributed by atoms with Crippen LogP contribution in [0.1, 0.15) is 12.5 Å². The average Bonchev–Trinajstić information content (AvgIpc) is 2.28. The molecule has 0 aliphatic rings. The monoisotopic (exact) mass is 223 g/mol. The predicted molar refractivity (Wildman–Crippen MR) is 58.8 cm³/mol. The molecule has 0 spiro atoms. The molecule has 0 saturated carbocycles. The van der Waals surface area contributed by atoms with Gasteiger partial charge in [0, 0.05) is 5.56 Å². The minimum atomic E-state index is -1.02. The number of hydrogen-bond acceptors (Lipinski definition) is 4. The van der Waals surface area contributed by atoms with Crippen molar-refractivity contribution in [3.63, 3.8) is 0 Å². The molecule has 86 valence electrons. The molecule has 16 heavy (non-hydrogen) atoms. The van der Waals surface area contributed by atoms with E-state index in [9.17, 15) is 4.79 Å². The number of carbonyl (C=O) groups is 1. The summed E-state index contributed by atoms with van der Waals surface area (Å²) in [6.45, 7) is 1.93. The summed E-state index contributed by atoms with van der Waals surface area (Å²) in [4.78, 5) is 15.2. The van der Waals surface area contributed by atoms with Crippen LogP contribution in [0.25, 0.3) is 0 Å². The van der Waals surface area contributed by atoms with Crippen LogP contribution in [-0.4, -0.2) is 30.5 Å². The summed E-state index contributed by atoms with van der Waals surface area (Å²) in [5, 5.41) is 12.2. The lowest BCUT2D eigenvalue weighted by Crippen LogP contribution is -2.10. The molecular formula is C11H13NO4. The second-order valence-corrected chi connectivity index (χ2v) is 2.87. The number of benzene rings is 1. The number of nitrogens with zero attached hydrogens (tertiary/aromatic N) is 1. The van der Waals surface area contributed by atoms with Crippen LogP contribution in [0, 0.1) is 0 Å². The van der Waals surface area contributed by atoms with Crippen LogP contribution in [0.15, 0.2) is 29.4 Å². The van der Waals surface area contributed by atoms with Crippen LogP contribution in [0.2, 0.25) is 0 Å². The van der Waals surface area contributed by atoms with E-state index in [1.54, 1.807) is 24.3 Å². The SMILES string of the molecule is CCO/N=C/c1ccccc1OCC(=O)O. The number of oxime groups is 1. The molecule has 0 radical (unpaired) electrons. The first-order valence-corrected chi connectivity index (χ1v) is 4.83. The van der Waals surface area contributed by atoms with Gasteiger partial charge in [-0.05, 0) is 19.1 Å². The van der Waals surface area contributed by atoms with Gasteiger partial charge in [0.25, 0.3) is 0 Å². The highest BCUT2D eigenvalue weighted by molar-refractivity contribution is 5.83. The van der Waals surface area contributed by atoms with Gasteiger partial charge in [0.05, 0.1) is 6.21 Å². The molecule has 1 aromatic rings. The van der Waals surface area contributed by atoms with Crippen molar-refractivity contribution >= 4 is 12.2 Å². The fourth-order valence-corrected chi connectivity index (χ4v) is 1.03. The van der Waals surface area contributed by atoms with E-state index in [4.69, 9.17) is 14.7 Å². The van der Waals surface area contributed by atoms with Crippen LogP contribution in [0.5, 0.6) is 5.75 Å². The number of ether oxygens (including phenoxy) is 1. The summed E-state index contributed by atoms with van der Waals surface area (Å²) in [6, 6.07) is 7.01. The minimum Gasteiger partial charge on any atom is -0.481 e. The molecule has 1 aromatic carbocycles. The molecule has 0 heterocycles. The van der Waals surface area contributed by atoms with Crippen LogP contribution in [-0.2, 0) is 9.63 Å². The van der Waals surface area contributed by atoms with Crippen LogP contribution < -0.4 is 4.74 Å². The molecule has 0 aliphatic carbocycles. The zero-order valence-corrected chi connectivity index (χ0v) is 8.92. The summed E-state index contributed by atoms with van der Waals surface area (Å²) in [5.41, 5.74) is 0.678. The van der Waals surface area contributed by atoms with E-state index >= 15 is 0 Å². The summed E-state index contributed by atoms with van der Waals surface area (Å²) in [7, 11) is 0. The molecule has 5 heteroatoms. The van der Waals surface area contributed by atoms with Gasteiger partial charge in [-0.1, -0.05) is 17.3 Å². The maximum absolute atomic E-state index is 10.4. The second kappa shape index (κ2) is 6.44. The molecule has 0 bridgehead atoms. The number of para-hydroxylation sites is 1. The summed E-state index contributed by atoms with van der Waals surface area (Å²) < 4.78 is 5.08. The first kappa shape index (κ1) is 12.0. The lowest BCUT2D eigenvalue weighted by molar-refractivity contribution is -0.139. The number of rotatable bonds is 6. The Kier molecular flexibility index (Phi) is 4.85. The van der Waals surface area contributed by atoms with E-state index < -0.39 is 5.97 Å². The zero-order valence-electron chi connectivity index (χ0n) is 8.92. The Labute approximate surface area is 93.3 Å². The van der Waals surface area contributed by atoms with Crippen LogP contribution >= 0.6 is 0 Å². The molecular weight excluding hydrogens is 210 g/mol. The van der Waals surface area contributed by atoms with Gasteiger partial charge >= 0.3 is 5.97 Å². The maximum Gasteiger partial charge on any atom is 0.341 e. The van der Waals surface area contributed by atoms with Gasteiger partial charge in [0.15, 0.2) is 6.61 Å². The topological polar surface area (TPSA) is 68.1 Å². The van der Waals surface area contributed by atoms with Gasteiger partial charge in [-0.25, -0.2) is 4.79 Å². The van der Waals surface area contributed by atoms with E-state index in [0.29, 0.717) is 17.9 Å². The van der Waals surface area contributed by atoms with Gasteiger partial charge in [-0.15, -0.1) is 0 Å². The van der Waals surface area contributed by atoms with Gasteiger partial charge < -0.3 is 14.7 Å². The van der Waals surface area contributed by atoms with Crippen molar-refractivity contribution in [3.05, 3.63) is 29.8 Å². The largest absolute Gasteiger partial charge is 0.481 e. The Hall–Kier alpha value is -2.04. The summed E-state index contributed by atoms with van der Waals surface area (Å²) in [6.07, 6.45) is 1.49. The maximum atomic E-state index is 10.4.